The van der Waals surface area contributed by atoms with Crippen molar-refractivity contribution >= 4 is 22.0 Å². The standard InChI is InChI=1S/C10H12N2O5S/c1-12(10(11)14)18(15,16)8-6-4-3-5-7(8)9(13)17-2/h3-6H,1-2H3,(H2,11,14). The number of nitrogens with two attached hydrogens (primary N) is 1. The summed E-state index contributed by atoms with van der Waals surface area (Å²) in [5, 5.41) is 0. The molecule has 1 aromatic carbocycles. The number of hydrogen-bond acceptors (Lipinski definition) is 5. The van der Waals surface area contributed by atoms with Crippen molar-refractivity contribution in [2.45, 2.75) is 4.90 Å². The van der Waals surface area contributed by atoms with Gasteiger partial charge in [-0.25, -0.2) is 22.3 Å². The molecule has 0 atom stereocenters. The van der Waals surface area contributed by atoms with Gasteiger partial charge in [0.25, 0.3) is 10.0 Å². The number of sulfonamides is 1. The molecule has 0 heterocycles. The Morgan fingerprint density at radius 2 is 1.83 bits per heavy atom. The molecule has 1 rings (SSSR count). The van der Waals surface area contributed by atoms with Crippen LogP contribution in [0.1, 0.15) is 10.4 Å². The van der Waals surface area contributed by atoms with Gasteiger partial charge in [0.05, 0.1) is 12.7 Å². The van der Waals surface area contributed by atoms with Crippen LogP contribution in [0.4, 0.5) is 4.79 Å². The van der Waals surface area contributed by atoms with E-state index < -0.39 is 22.0 Å². The van der Waals surface area contributed by atoms with Gasteiger partial charge in [-0.1, -0.05) is 12.1 Å². The molecule has 0 bridgehead atoms. The molecule has 2 N–H and O–H groups in total. The topological polar surface area (TPSA) is 107 Å². The van der Waals surface area contributed by atoms with Crippen molar-refractivity contribution in [1.82, 2.24) is 4.31 Å². The molecule has 1 aromatic rings. The molecule has 0 radical (unpaired) electrons. The number of primary amides is 1. The minimum atomic E-state index is -4.17. The Morgan fingerprint density at radius 1 is 1.28 bits per heavy atom. The van der Waals surface area contributed by atoms with Crippen LogP contribution in [-0.2, 0) is 14.8 Å². The number of carbonyl (C=O) groups is 2. The maximum atomic E-state index is 12.0. The number of esters is 1. The van der Waals surface area contributed by atoms with Crippen LogP contribution in [0.15, 0.2) is 29.2 Å². The number of amides is 2. The third kappa shape index (κ3) is 2.43. The highest BCUT2D eigenvalue weighted by Gasteiger charge is 2.28. The highest BCUT2D eigenvalue weighted by atomic mass is 32.2. The lowest BCUT2D eigenvalue weighted by molar-refractivity contribution is 0.0596. The Hall–Kier alpha value is -2.09. The second kappa shape index (κ2) is 5.05. The quantitative estimate of drug-likeness (QED) is 0.789. The minimum Gasteiger partial charge on any atom is -0.465 e. The van der Waals surface area contributed by atoms with Crippen LogP contribution in [0.2, 0.25) is 0 Å². The van der Waals surface area contributed by atoms with Crippen molar-refractivity contribution < 1.29 is 22.7 Å². The lowest BCUT2D eigenvalue weighted by Gasteiger charge is -2.16. The minimum absolute atomic E-state index is 0.159. The number of urea groups is 1. The summed E-state index contributed by atoms with van der Waals surface area (Å²) >= 11 is 0. The van der Waals surface area contributed by atoms with Crippen molar-refractivity contribution in [3.05, 3.63) is 29.8 Å². The van der Waals surface area contributed by atoms with Crippen LogP contribution in [0.25, 0.3) is 0 Å². The van der Waals surface area contributed by atoms with Crippen molar-refractivity contribution in [2.24, 2.45) is 5.73 Å². The van der Waals surface area contributed by atoms with E-state index in [-0.39, 0.29) is 10.5 Å². The van der Waals surface area contributed by atoms with E-state index in [1.807, 2.05) is 0 Å². The molecule has 0 aliphatic heterocycles. The molecule has 0 saturated carbocycles. The fraction of sp³-hybridized carbons (Fsp3) is 0.200. The van der Waals surface area contributed by atoms with Gasteiger partial charge in [-0.2, -0.15) is 0 Å². The number of rotatable bonds is 3. The van der Waals surface area contributed by atoms with Gasteiger partial charge < -0.3 is 10.5 Å². The summed E-state index contributed by atoms with van der Waals surface area (Å²) in [5.74, 6) is -0.813. The second-order valence-corrected chi connectivity index (χ2v) is 5.24. The number of methoxy groups -OCH3 is 1. The maximum absolute atomic E-state index is 12.0. The number of carbonyl (C=O) groups excluding carboxylic acids is 2. The molecule has 0 spiro atoms. The first-order valence-electron chi connectivity index (χ1n) is 4.78. The summed E-state index contributed by atoms with van der Waals surface area (Å²) in [4.78, 5) is 22.0. The average Bonchev–Trinajstić information content (AvgIpc) is 2.36. The molecule has 2 amide bonds. The Labute approximate surface area is 104 Å². The van der Waals surface area contributed by atoms with E-state index in [0.29, 0.717) is 4.31 Å². The maximum Gasteiger partial charge on any atom is 0.339 e. The van der Waals surface area contributed by atoms with Gasteiger partial charge in [-0.15, -0.1) is 0 Å². The zero-order valence-electron chi connectivity index (χ0n) is 9.78. The van der Waals surface area contributed by atoms with E-state index in [9.17, 15) is 18.0 Å². The molecule has 7 nitrogen and oxygen atoms in total. The highest BCUT2D eigenvalue weighted by Crippen LogP contribution is 2.19. The van der Waals surface area contributed by atoms with E-state index in [4.69, 9.17) is 5.73 Å². The highest BCUT2D eigenvalue weighted by molar-refractivity contribution is 7.89. The zero-order chi connectivity index (χ0) is 13.9. The molecule has 0 aliphatic rings. The Kier molecular flexibility index (Phi) is 3.92. The molecule has 0 aromatic heterocycles. The van der Waals surface area contributed by atoms with E-state index in [1.165, 1.54) is 24.3 Å². The summed E-state index contributed by atoms with van der Waals surface area (Å²) in [7, 11) is -2.03. The number of hydrogen-bond donors (Lipinski definition) is 1. The number of ether oxygens (including phenoxy) is 1. The van der Waals surface area contributed by atoms with Crippen LogP contribution in [0.3, 0.4) is 0 Å². The van der Waals surface area contributed by atoms with Crippen molar-refractivity contribution in [1.29, 1.82) is 0 Å². The predicted molar refractivity (Wildman–Crippen MR) is 62.3 cm³/mol. The first-order valence-corrected chi connectivity index (χ1v) is 6.22. The van der Waals surface area contributed by atoms with Crippen molar-refractivity contribution in [3.63, 3.8) is 0 Å². The smallest absolute Gasteiger partial charge is 0.339 e. The summed E-state index contributed by atoms with van der Waals surface area (Å²) < 4.78 is 28.9. The summed E-state index contributed by atoms with van der Waals surface area (Å²) in [6.07, 6.45) is 0. The Morgan fingerprint density at radius 3 is 2.33 bits per heavy atom. The van der Waals surface area contributed by atoms with Gasteiger partial charge in [0.15, 0.2) is 0 Å². The van der Waals surface area contributed by atoms with Gasteiger partial charge in [0.1, 0.15) is 4.90 Å². The molecule has 18 heavy (non-hydrogen) atoms. The first-order chi connectivity index (χ1) is 8.32. The molecular weight excluding hydrogens is 260 g/mol. The van der Waals surface area contributed by atoms with Crippen molar-refractivity contribution in [2.75, 3.05) is 14.2 Å². The van der Waals surface area contributed by atoms with E-state index in [0.717, 1.165) is 14.2 Å². The Bertz CT molecular complexity index is 582. The van der Waals surface area contributed by atoms with Gasteiger partial charge in [-0.3, -0.25) is 0 Å². The van der Waals surface area contributed by atoms with E-state index in [2.05, 4.69) is 4.74 Å². The number of benzene rings is 1. The fourth-order valence-electron chi connectivity index (χ4n) is 1.24. The SMILES string of the molecule is COC(=O)c1ccccc1S(=O)(=O)N(C)C(N)=O. The third-order valence-electron chi connectivity index (χ3n) is 2.24. The molecular formula is C10H12N2O5S. The van der Waals surface area contributed by atoms with Gasteiger partial charge in [0, 0.05) is 7.05 Å². The second-order valence-electron chi connectivity index (χ2n) is 3.30. The van der Waals surface area contributed by atoms with E-state index in [1.54, 1.807) is 0 Å². The van der Waals surface area contributed by atoms with Crippen molar-refractivity contribution in [3.8, 4) is 0 Å². The normalized spacial score (nSPS) is 10.8. The molecule has 0 saturated heterocycles. The molecule has 0 aliphatic carbocycles. The Balaban J connectivity index is 3.42. The van der Waals surface area contributed by atoms with Crippen LogP contribution >= 0.6 is 0 Å². The van der Waals surface area contributed by atoms with Gasteiger partial charge >= 0.3 is 12.0 Å². The van der Waals surface area contributed by atoms with E-state index >= 15 is 0 Å². The summed E-state index contributed by atoms with van der Waals surface area (Å²) in [6, 6.07) is 4.24. The summed E-state index contributed by atoms with van der Waals surface area (Å²) in [5.41, 5.74) is 4.75. The van der Waals surface area contributed by atoms with Gasteiger partial charge in [0.2, 0.25) is 0 Å². The monoisotopic (exact) mass is 272 g/mol. The predicted octanol–water partition coefficient (Wildman–Crippen LogP) is 0.172. The van der Waals surface area contributed by atoms with Gasteiger partial charge in [-0.05, 0) is 12.1 Å². The fourth-order valence-corrected chi connectivity index (χ4v) is 2.45. The molecule has 0 unspecified atom stereocenters. The lowest BCUT2D eigenvalue weighted by atomic mass is 10.2. The third-order valence-corrected chi connectivity index (χ3v) is 4.05. The summed E-state index contributed by atoms with van der Waals surface area (Å²) in [6.45, 7) is 0. The van der Waals surface area contributed by atoms with Crippen LogP contribution in [-0.4, -0.2) is 38.9 Å². The number of nitrogens with zero attached hydrogens (tertiary/aromatic N) is 1. The average molecular weight is 272 g/mol. The van der Waals surface area contributed by atoms with Crippen LogP contribution in [0, 0.1) is 0 Å². The molecule has 8 heteroatoms. The zero-order valence-corrected chi connectivity index (χ0v) is 10.6. The largest absolute Gasteiger partial charge is 0.465 e. The lowest BCUT2D eigenvalue weighted by Crippen LogP contribution is -2.37. The first kappa shape index (κ1) is 14.0. The van der Waals surface area contributed by atoms with Crippen LogP contribution in [0.5, 0.6) is 0 Å². The molecule has 98 valence electrons. The van der Waals surface area contributed by atoms with Crippen LogP contribution < -0.4 is 5.73 Å². The molecule has 0 fully saturated rings.